The standard InChI is InChI=1S/C15H23N3O2/c1-3-10-18(15(20)8-9-16)11-14(19)17-13-7-5-4-6-12(13)2/h4-7H,3,8-11,16H2,1-2H3,(H,17,19). The predicted molar refractivity (Wildman–Crippen MR) is 80.4 cm³/mol. The molecule has 0 fully saturated rings. The van der Waals surface area contributed by atoms with E-state index in [-0.39, 0.29) is 24.8 Å². The first-order valence-corrected chi connectivity index (χ1v) is 6.91. The van der Waals surface area contributed by atoms with Crippen molar-refractivity contribution in [3.63, 3.8) is 0 Å². The normalized spacial score (nSPS) is 10.2. The third-order valence-electron chi connectivity index (χ3n) is 2.96. The van der Waals surface area contributed by atoms with Gasteiger partial charge in [-0.3, -0.25) is 9.59 Å². The summed E-state index contributed by atoms with van der Waals surface area (Å²) in [6, 6.07) is 7.56. The van der Waals surface area contributed by atoms with Crippen LogP contribution in [0, 0.1) is 6.92 Å². The maximum atomic E-state index is 12.0. The van der Waals surface area contributed by atoms with Crippen molar-refractivity contribution in [2.24, 2.45) is 5.73 Å². The number of carbonyl (C=O) groups is 2. The van der Waals surface area contributed by atoms with Crippen molar-refractivity contribution in [1.29, 1.82) is 0 Å². The number of nitrogens with two attached hydrogens (primary N) is 1. The van der Waals surface area contributed by atoms with Gasteiger partial charge < -0.3 is 16.0 Å². The van der Waals surface area contributed by atoms with Crippen LogP contribution in [0.4, 0.5) is 5.69 Å². The molecule has 0 saturated carbocycles. The summed E-state index contributed by atoms with van der Waals surface area (Å²) in [6.07, 6.45) is 1.09. The molecule has 20 heavy (non-hydrogen) atoms. The van der Waals surface area contributed by atoms with Crippen molar-refractivity contribution < 1.29 is 9.59 Å². The maximum absolute atomic E-state index is 12.0. The van der Waals surface area contributed by atoms with Crippen LogP contribution in [0.1, 0.15) is 25.3 Å². The molecule has 0 heterocycles. The molecular formula is C15H23N3O2. The summed E-state index contributed by atoms with van der Waals surface area (Å²) in [5.41, 5.74) is 7.16. The number of hydrogen-bond donors (Lipinski definition) is 2. The summed E-state index contributed by atoms with van der Waals surface area (Å²) < 4.78 is 0. The van der Waals surface area contributed by atoms with Crippen molar-refractivity contribution in [2.45, 2.75) is 26.7 Å². The molecule has 0 bridgehead atoms. The van der Waals surface area contributed by atoms with Gasteiger partial charge in [-0.25, -0.2) is 0 Å². The lowest BCUT2D eigenvalue weighted by molar-refractivity contribution is -0.134. The number of para-hydroxylation sites is 1. The second kappa shape index (κ2) is 8.32. The van der Waals surface area contributed by atoms with Crippen molar-refractivity contribution in [2.75, 3.05) is 25.0 Å². The SMILES string of the molecule is CCCN(CC(=O)Nc1ccccc1C)C(=O)CCN. The summed E-state index contributed by atoms with van der Waals surface area (Å²) >= 11 is 0. The molecule has 5 heteroatoms. The Morgan fingerprint density at radius 1 is 1.30 bits per heavy atom. The van der Waals surface area contributed by atoms with E-state index in [9.17, 15) is 9.59 Å². The molecule has 1 rings (SSSR count). The van der Waals surface area contributed by atoms with Gasteiger partial charge in [0.1, 0.15) is 0 Å². The van der Waals surface area contributed by atoms with Gasteiger partial charge in [-0.1, -0.05) is 25.1 Å². The van der Waals surface area contributed by atoms with Gasteiger partial charge in [-0.2, -0.15) is 0 Å². The molecule has 1 aromatic carbocycles. The Morgan fingerprint density at radius 2 is 2.00 bits per heavy atom. The highest BCUT2D eigenvalue weighted by Gasteiger charge is 2.16. The van der Waals surface area contributed by atoms with E-state index in [1.165, 1.54) is 0 Å². The third kappa shape index (κ3) is 5.01. The zero-order chi connectivity index (χ0) is 15.0. The minimum atomic E-state index is -0.182. The Morgan fingerprint density at radius 3 is 2.60 bits per heavy atom. The van der Waals surface area contributed by atoms with Crippen LogP contribution in [-0.4, -0.2) is 36.3 Å². The molecule has 0 aliphatic heterocycles. The Bertz CT molecular complexity index is 460. The van der Waals surface area contributed by atoms with Gasteiger partial charge in [-0.15, -0.1) is 0 Å². The predicted octanol–water partition coefficient (Wildman–Crippen LogP) is 1.52. The number of carbonyl (C=O) groups excluding carboxylic acids is 2. The molecule has 3 N–H and O–H groups in total. The highest BCUT2D eigenvalue weighted by Crippen LogP contribution is 2.13. The van der Waals surface area contributed by atoms with Crippen LogP contribution in [0.5, 0.6) is 0 Å². The van der Waals surface area contributed by atoms with E-state index < -0.39 is 0 Å². The van der Waals surface area contributed by atoms with Gasteiger partial charge in [0.05, 0.1) is 6.54 Å². The molecule has 2 amide bonds. The molecule has 0 unspecified atom stereocenters. The number of nitrogens with zero attached hydrogens (tertiary/aromatic N) is 1. The summed E-state index contributed by atoms with van der Waals surface area (Å²) in [5, 5.41) is 2.83. The van der Waals surface area contributed by atoms with Crippen molar-refractivity contribution in [3.05, 3.63) is 29.8 Å². The molecule has 0 aromatic heterocycles. The van der Waals surface area contributed by atoms with Gasteiger partial charge >= 0.3 is 0 Å². The highest BCUT2D eigenvalue weighted by atomic mass is 16.2. The molecule has 0 spiro atoms. The lowest BCUT2D eigenvalue weighted by atomic mass is 10.2. The molecule has 0 atom stereocenters. The van der Waals surface area contributed by atoms with Crippen LogP contribution in [0.15, 0.2) is 24.3 Å². The number of rotatable bonds is 7. The quantitative estimate of drug-likeness (QED) is 0.793. The number of benzene rings is 1. The largest absolute Gasteiger partial charge is 0.333 e. The van der Waals surface area contributed by atoms with Crippen LogP contribution in [-0.2, 0) is 9.59 Å². The number of amides is 2. The molecule has 5 nitrogen and oxygen atoms in total. The second-order valence-corrected chi connectivity index (χ2v) is 4.72. The molecule has 0 saturated heterocycles. The highest BCUT2D eigenvalue weighted by molar-refractivity contribution is 5.95. The zero-order valence-electron chi connectivity index (χ0n) is 12.2. The fraction of sp³-hybridized carbons (Fsp3) is 0.467. The molecule has 1 aromatic rings. The lowest BCUT2D eigenvalue weighted by Gasteiger charge is -2.21. The van der Waals surface area contributed by atoms with E-state index in [0.29, 0.717) is 13.1 Å². The van der Waals surface area contributed by atoms with Gasteiger partial charge in [0.25, 0.3) is 0 Å². The van der Waals surface area contributed by atoms with Gasteiger partial charge in [0.2, 0.25) is 11.8 Å². The fourth-order valence-electron chi connectivity index (χ4n) is 1.92. The van der Waals surface area contributed by atoms with Gasteiger partial charge in [-0.05, 0) is 25.0 Å². The smallest absolute Gasteiger partial charge is 0.244 e. The summed E-state index contributed by atoms with van der Waals surface area (Å²) in [7, 11) is 0. The number of anilines is 1. The molecule has 0 aliphatic rings. The van der Waals surface area contributed by atoms with E-state index in [2.05, 4.69) is 5.32 Å². The van der Waals surface area contributed by atoms with E-state index in [0.717, 1.165) is 17.7 Å². The Labute approximate surface area is 120 Å². The van der Waals surface area contributed by atoms with Crippen molar-refractivity contribution >= 4 is 17.5 Å². The van der Waals surface area contributed by atoms with Crippen LogP contribution < -0.4 is 11.1 Å². The fourth-order valence-corrected chi connectivity index (χ4v) is 1.92. The van der Waals surface area contributed by atoms with E-state index in [4.69, 9.17) is 5.73 Å². The first-order valence-electron chi connectivity index (χ1n) is 6.91. The first-order chi connectivity index (χ1) is 9.58. The zero-order valence-corrected chi connectivity index (χ0v) is 12.2. The van der Waals surface area contributed by atoms with E-state index in [1.54, 1.807) is 4.90 Å². The van der Waals surface area contributed by atoms with Crippen molar-refractivity contribution in [3.8, 4) is 0 Å². The second-order valence-electron chi connectivity index (χ2n) is 4.72. The maximum Gasteiger partial charge on any atom is 0.244 e. The van der Waals surface area contributed by atoms with Crippen LogP contribution in [0.25, 0.3) is 0 Å². The van der Waals surface area contributed by atoms with Gasteiger partial charge in [0, 0.05) is 25.2 Å². The summed E-state index contributed by atoms with van der Waals surface area (Å²) in [4.78, 5) is 25.4. The van der Waals surface area contributed by atoms with Gasteiger partial charge in [0.15, 0.2) is 0 Å². The average molecular weight is 277 g/mol. The summed E-state index contributed by atoms with van der Waals surface area (Å²) in [5.74, 6) is -0.257. The Hall–Kier alpha value is -1.88. The summed E-state index contributed by atoms with van der Waals surface area (Å²) in [6.45, 7) is 4.85. The first kappa shape index (κ1) is 16.2. The number of aryl methyl sites for hydroxylation is 1. The Kier molecular flexibility index (Phi) is 6.73. The third-order valence-corrected chi connectivity index (χ3v) is 2.96. The van der Waals surface area contributed by atoms with Crippen LogP contribution in [0.3, 0.4) is 0 Å². The molecule has 0 aliphatic carbocycles. The average Bonchev–Trinajstić information content (AvgIpc) is 2.41. The van der Waals surface area contributed by atoms with Crippen molar-refractivity contribution in [1.82, 2.24) is 4.90 Å². The van der Waals surface area contributed by atoms with E-state index in [1.807, 2.05) is 38.1 Å². The molecular weight excluding hydrogens is 254 g/mol. The molecule has 110 valence electrons. The topological polar surface area (TPSA) is 75.4 Å². The number of nitrogens with one attached hydrogen (secondary N) is 1. The Balaban J connectivity index is 2.62. The van der Waals surface area contributed by atoms with E-state index >= 15 is 0 Å². The minimum absolute atomic E-state index is 0.0704. The van der Waals surface area contributed by atoms with Crippen LogP contribution in [0.2, 0.25) is 0 Å². The number of hydrogen-bond acceptors (Lipinski definition) is 3. The minimum Gasteiger partial charge on any atom is -0.333 e. The monoisotopic (exact) mass is 277 g/mol. The molecule has 0 radical (unpaired) electrons. The lowest BCUT2D eigenvalue weighted by Crippen LogP contribution is -2.39. The van der Waals surface area contributed by atoms with Crippen LogP contribution >= 0.6 is 0 Å².